The lowest BCUT2D eigenvalue weighted by molar-refractivity contribution is 0.0665. The molecule has 1 rings (SSSR count). The Morgan fingerprint density at radius 2 is 2.19 bits per heavy atom. The maximum Gasteiger partial charge on any atom is 0.336 e. The number of aliphatic hydroxyl groups excluding tert-OH is 1. The van der Waals surface area contributed by atoms with Gasteiger partial charge in [-0.25, -0.2) is 4.79 Å². The number of hydrogen-bond donors (Lipinski definition) is 3. The fourth-order valence-electron chi connectivity index (χ4n) is 1.69. The fourth-order valence-corrected chi connectivity index (χ4v) is 2.63. The molecular weight excluding hydrogens is 226 g/mol. The van der Waals surface area contributed by atoms with Gasteiger partial charge in [-0.15, -0.1) is 11.3 Å². The minimum atomic E-state index is -1.00. The van der Waals surface area contributed by atoms with Gasteiger partial charge in [0, 0.05) is 10.8 Å². The van der Waals surface area contributed by atoms with E-state index in [-0.39, 0.29) is 17.4 Å². The van der Waals surface area contributed by atoms with Crippen LogP contribution in [0.2, 0.25) is 0 Å². The van der Waals surface area contributed by atoms with Gasteiger partial charge in [-0.2, -0.15) is 0 Å². The normalized spacial score (nSPS) is 15.1. The lowest BCUT2D eigenvalue weighted by Gasteiger charge is -2.24. The molecule has 90 valence electrons. The van der Waals surface area contributed by atoms with Gasteiger partial charge in [0.05, 0.1) is 11.7 Å². The lowest BCUT2D eigenvalue weighted by Crippen LogP contribution is -2.27. The van der Waals surface area contributed by atoms with Crippen LogP contribution < -0.4 is 5.73 Å². The van der Waals surface area contributed by atoms with Gasteiger partial charge in [0.1, 0.15) is 0 Å². The second-order valence-electron chi connectivity index (χ2n) is 4.09. The molecule has 1 aromatic heterocycles. The summed E-state index contributed by atoms with van der Waals surface area (Å²) in [5.41, 5.74) is 5.78. The first kappa shape index (κ1) is 13.2. The Hall–Kier alpha value is -0.910. The van der Waals surface area contributed by atoms with Crippen molar-refractivity contribution in [1.29, 1.82) is 0 Å². The van der Waals surface area contributed by atoms with E-state index in [1.165, 1.54) is 17.4 Å². The van der Waals surface area contributed by atoms with Crippen molar-refractivity contribution in [3.8, 4) is 0 Å². The highest BCUT2D eigenvalue weighted by atomic mass is 32.1. The van der Waals surface area contributed by atoms with Crippen molar-refractivity contribution in [2.45, 2.75) is 20.0 Å². The molecular formula is C11H17NO3S. The minimum Gasteiger partial charge on any atom is -0.478 e. The topological polar surface area (TPSA) is 83.5 Å². The summed E-state index contributed by atoms with van der Waals surface area (Å²) in [6.45, 7) is 4.28. The van der Waals surface area contributed by atoms with Crippen molar-refractivity contribution in [2.24, 2.45) is 17.6 Å². The average molecular weight is 243 g/mol. The highest BCUT2D eigenvalue weighted by molar-refractivity contribution is 7.10. The molecule has 0 aliphatic carbocycles. The smallest absolute Gasteiger partial charge is 0.336 e. The van der Waals surface area contributed by atoms with E-state index in [0.717, 1.165) is 0 Å². The summed E-state index contributed by atoms with van der Waals surface area (Å²) < 4.78 is 0. The number of hydrogen-bond acceptors (Lipinski definition) is 4. The number of carboxylic acid groups (broad SMARTS) is 1. The van der Waals surface area contributed by atoms with Crippen molar-refractivity contribution >= 4 is 17.3 Å². The molecule has 0 aliphatic rings. The molecule has 2 atom stereocenters. The highest BCUT2D eigenvalue weighted by Crippen LogP contribution is 2.33. The zero-order valence-electron chi connectivity index (χ0n) is 9.38. The van der Waals surface area contributed by atoms with Crippen LogP contribution in [0.15, 0.2) is 11.4 Å². The summed E-state index contributed by atoms with van der Waals surface area (Å²) in [5.74, 6) is -0.907. The monoisotopic (exact) mass is 243 g/mol. The third kappa shape index (κ3) is 2.61. The molecule has 4 nitrogen and oxygen atoms in total. The Bertz CT molecular complexity index is 362. The number of carbonyl (C=O) groups is 1. The number of thiophene rings is 1. The molecule has 0 radical (unpaired) electrons. The summed E-state index contributed by atoms with van der Waals surface area (Å²) in [4.78, 5) is 11.4. The van der Waals surface area contributed by atoms with Crippen LogP contribution in [0.25, 0.3) is 0 Å². The Morgan fingerprint density at radius 3 is 2.62 bits per heavy atom. The first-order valence-corrected chi connectivity index (χ1v) is 6.05. The van der Waals surface area contributed by atoms with E-state index in [1.807, 2.05) is 13.8 Å². The molecule has 1 aromatic rings. The number of aliphatic hydroxyl groups is 1. The molecule has 0 amide bonds. The standard InChI is InChI=1S/C11H17NO3S/c1-6(2)8(5-12)9(13)10-7(11(14)15)3-4-16-10/h3-4,6,8-9,13H,5,12H2,1-2H3,(H,14,15). The first-order valence-electron chi connectivity index (χ1n) is 5.17. The maximum atomic E-state index is 10.9. The molecule has 2 unspecified atom stereocenters. The van der Waals surface area contributed by atoms with Crippen LogP contribution in [0.4, 0.5) is 0 Å². The van der Waals surface area contributed by atoms with Crippen LogP contribution in [-0.2, 0) is 0 Å². The van der Waals surface area contributed by atoms with Crippen LogP contribution >= 0.6 is 11.3 Å². The largest absolute Gasteiger partial charge is 0.478 e. The highest BCUT2D eigenvalue weighted by Gasteiger charge is 2.27. The first-order chi connectivity index (χ1) is 7.49. The molecule has 16 heavy (non-hydrogen) atoms. The van der Waals surface area contributed by atoms with E-state index in [2.05, 4.69) is 0 Å². The summed E-state index contributed by atoms with van der Waals surface area (Å²) in [5, 5.41) is 20.8. The Balaban J connectivity index is 2.98. The predicted molar refractivity (Wildman–Crippen MR) is 63.6 cm³/mol. The van der Waals surface area contributed by atoms with Crippen molar-refractivity contribution in [3.63, 3.8) is 0 Å². The van der Waals surface area contributed by atoms with Crippen LogP contribution in [-0.4, -0.2) is 22.7 Å². The van der Waals surface area contributed by atoms with Crippen LogP contribution in [0, 0.1) is 11.8 Å². The van der Waals surface area contributed by atoms with Crippen LogP contribution in [0.5, 0.6) is 0 Å². The van der Waals surface area contributed by atoms with E-state index in [1.54, 1.807) is 5.38 Å². The summed E-state index contributed by atoms with van der Waals surface area (Å²) in [6, 6.07) is 1.51. The number of aromatic carboxylic acids is 1. The lowest BCUT2D eigenvalue weighted by atomic mass is 9.88. The van der Waals surface area contributed by atoms with Crippen molar-refractivity contribution in [1.82, 2.24) is 0 Å². The van der Waals surface area contributed by atoms with Crippen molar-refractivity contribution in [2.75, 3.05) is 6.54 Å². The van der Waals surface area contributed by atoms with Gasteiger partial charge < -0.3 is 15.9 Å². The van der Waals surface area contributed by atoms with Gasteiger partial charge >= 0.3 is 5.97 Å². The van der Waals surface area contributed by atoms with Gasteiger partial charge in [-0.05, 0) is 23.9 Å². The van der Waals surface area contributed by atoms with Gasteiger partial charge in [0.15, 0.2) is 0 Å². The Morgan fingerprint density at radius 1 is 1.56 bits per heavy atom. The molecule has 0 saturated carbocycles. The molecule has 0 aliphatic heterocycles. The van der Waals surface area contributed by atoms with E-state index in [9.17, 15) is 9.90 Å². The van der Waals surface area contributed by atoms with Gasteiger partial charge in [0.2, 0.25) is 0 Å². The third-order valence-electron chi connectivity index (χ3n) is 2.73. The number of nitrogens with two attached hydrogens (primary N) is 1. The van der Waals surface area contributed by atoms with Gasteiger partial charge in [-0.3, -0.25) is 0 Å². The summed E-state index contributed by atoms with van der Waals surface area (Å²) in [7, 11) is 0. The molecule has 0 bridgehead atoms. The molecule has 0 spiro atoms. The molecule has 0 aromatic carbocycles. The quantitative estimate of drug-likeness (QED) is 0.735. The van der Waals surface area contributed by atoms with Crippen molar-refractivity contribution < 1.29 is 15.0 Å². The number of rotatable bonds is 5. The Labute approximate surface area is 98.7 Å². The van der Waals surface area contributed by atoms with E-state index >= 15 is 0 Å². The third-order valence-corrected chi connectivity index (χ3v) is 3.72. The second kappa shape index (κ2) is 5.43. The van der Waals surface area contributed by atoms with Gasteiger partial charge in [0.25, 0.3) is 0 Å². The summed E-state index contributed by atoms with van der Waals surface area (Å²) in [6.07, 6.45) is -0.795. The predicted octanol–water partition coefficient (Wildman–Crippen LogP) is 1.71. The summed E-state index contributed by atoms with van der Waals surface area (Å²) >= 11 is 1.26. The molecule has 5 heteroatoms. The maximum absolute atomic E-state index is 10.9. The van der Waals surface area contributed by atoms with E-state index < -0.39 is 12.1 Å². The van der Waals surface area contributed by atoms with Crippen LogP contribution in [0.3, 0.4) is 0 Å². The Kier molecular flexibility index (Phi) is 4.46. The zero-order chi connectivity index (χ0) is 12.3. The van der Waals surface area contributed by atoms with Crippen molar-refractivity contribution in [3.05, 3.63) is 21.9 Å². The van der Waals surface area contributed by atoms with E-state index in [4.69, 9.17) is 10.8 Å². The minimum absolute atomic E-state index is 0.114. The molecule has 0 fully saturated rings. The molecule has 1 heterocycles. The fraction of sp³-hybridized carbons (Fsp3) is 0.545. The SMILES string of the molecule is CC(C)C(CN)C(O)c1sccc1C(=O)O. The van der Waals surface area contributed by atoms with E-state index in [0.29, 0.717) is 11.4 Å². The second-order valence-corrected chi connectivity index (χ2v) is 5.04. The molecule has 0 saturated heterocycles. The molecule has 4 N–H and O–H groups in total. The zero-order valence-corrected chi connectivity index (χ0v) is 10.2. The number of carboxylic acids is 1. The average Bonchev–Trinajstić information content (AvgIpc) is 2.65. The van der Waals surface area contributed by atoms with Gasteiger partial charge in [-0.1, -0.05) is 13.8 Å². The van der Waals surface area contributed by atoms with Crippen LogP contribution in [0.1, 0.15) is 35.2 Å².